The molecule has 44 heavy (non-hydrogen) atoms. The number of carbonyl (C=O) groups is 1. The molecule has 0 fully saturated rings. The second kappa shape index (κ2) is 24.9. The molecule has 2 atom stereocenters. The van der Waals surface area contributed by atoms with Crippen LogP contribution in [0.1, 0.15) is 114 Å². The number of benzene rings is 1. The van der Waals surface area contributed by atoms with E-state index in [4.69, 9.17) is 18.5 Å². The minimum atomic E-state index is -4.54. The fraction of sp³-hybridized carbons (Fsp3) is 0.794. The molecule has 1 aromatic rings. The number of nitrogens with one attached hydrogen (secondary N) is 1. The van der Waals surface area contributed by atoms with Crippen molar-refractivity contribution in [2.75, 3.05) is 67.2 Å². The number of rotatable bonds is 30. The van der Waals surface area contributed by atoms with Crippen LogP contribution in [0.15, 0.2) is 24.3 Å². The molecule has 256 valence electrons. The molecule has 0 heterocycles. The predicted molar refractivity (Wildman–Crippen MR) is 177 cm³/mol. The first-order valence-electron chi connectivity index (χ1n) is 17.0. The number of quaternary nitrogens is 1. The summed E-state index contributed by atoms with van der Waals surface area (Å²) in [6, 6.07) is 6.95. The van der Waals surface area contributed by atoms with Crippen molar-refractivity contribution in [3.05, 3.63) is 29.8 Å². The van der Waals surface area contributed by atoms with Gasteiger partial charge >= 0.3 is 0 Å². The zero-order valence-corrected chi connectivity index (χ0v) is 29.4. The fourth-order valence-electron chi connectivity index (χ4n) is 4.73. The third-order valence-corrected chi connectivity index (χ3v) is 8.44. The largest absolute Gasteiger partial charge is 0.756 e. The Morgan fingerprint density at radius 3 is 1.91 bits per heavy atom. The van der Waals surface area contributed by atoms with E-state index in [2.05, 4.69) is 12.2 Å². The number of carbonyl (C=O) groups excluding carboxylic acids is 1. The molecular weight excluding hydrogens is 579 g/mol. The second-order valence-electron chi connectivity index (χ2n) is 12.7. The van der Waals surface area contributed by atoms with Crippen molar-refractivity contribution in [2.24, 2.45) is 0 Å². The number of likely N-dealkylation sites (N-methyl/N-ethyl adjacent to an activating group) is 1. The molecule has 0 saturated heterocycles. The lowest BCUT2D eigenvalue weighted by Gasteiger charge is -2.30. The molecule has 9 nitrogen and oxygen atoms in total. The van der Waals surface area contributed by atoms with E-state index in [0.717, 1.165) is 12.8 Å². The first-order valence-corrected chi connectivity index (χ1v) is 18.5. The number of hydrogen-bond donors (Lipinski definition) is 1. The normalized spacial score (nSPS) is 14.0. The van der Waals surface area contributed by atoms with Gasteiger partial charge in [0.05, 0.1) is 40.9 Å². The van der Waals surface area contributed by atoms with E-state index in [0.29, 0.717) is 35.6 Å². The Balaban J connectivity index is 2.35. The Morgan fingerprint density at radius 2 is 1.39 bits per heavy atom. The number of phosphoric acid groups is 1. The lowest BCUT2D eigenvalue weighted by atomic mass is 10.0. The van der Waals surface area contributed by atoms with Crippen molar-refractivity contribution in [3.63, 3.8) is 0 Å². The van der Waals surface area contributed by atoms with E-state index in [1.54, 1.807) is 24.3 Å². The summed E-state index contributed by atoms with van der Waals surface area (Å²) in [6.07, 6.45) is 17.2. The standard InChI is InChI=1S/C34H63N2O7P/c1-6-8-9-10-11-12-13-14-15-16-17-18-19-20-26-40-30-33(43-44(38,39)42-27-25-36(3,4)5)28-35-29-34(37)31-21-23-32(24-22-31)41-7-2/h21-24,33,35H,6-20,25-30H2,1-5H3. The SMILES string of the molecule is CCCCCCCCCCCCCCCCOCC(CNCC(=O)c1ccc(OCC)cc1)OP(=O)([O-])OCC[N+](C)(C)C. The van der Waals surface area contributed by atoms with Crippen molar-refractivity contribution in [3.8, 4) is 5.75 Å². The van der Waals surface area contributed by atoms with Crippen molar-refractivity contribution in [1.82, 2.24) is 5.32 Å². The summed E-state index contributed by atoms with van der Waals surface area (Å²) < 4.78 is 34.8. The van der Waals surface area contributed by atoms with E-state index >= 15 is 0 Å². The van der Waals surface area contributed by atoms with Crippen molar-refractivity contribution < 1.29 is 37.3 Å². The topological polar surface area (TPSA) is 106 Å². The van der Waals surface area contributed by atoms with Crippen LogP contribution < -0.4 is 14.9 Å². The number of unbranched alkanes of at least 4 members (excludes halogenated alkanes) is 13. The summed E-state index contributed by atoms with van der Waals surface area (Å²) in [5.41, 5.74) is 0.547. The molecular formula is C34H63N2O7P. The Hall–Kier alpha value is -1.32. The van der Waals surface area contributed by atoms with Gasteiger partial charge in [-0.1, -0.05) is 90.4 Å². The molecule has 1 aromatic carbocycles. The summed E-state index contributed by atoms with van der Waals surface area (Å²) in [6.45, 7) is 6.07. The highest BCUT2D eigenvalue weighted by Gasteiger charge is 2.20. The van der Waals surface area contributed by atoms with Gasteiger partial charge in [0.25, 0.3) is 7.82 Å². The van der Waals surface area contributed by atoms with Crippen LogP contribution in [0.25, 0.3) is 0 Å². The minimum Gasteiger partial charge on any atom is -0.756 e. The maximum absolute atomic E-state index is 12.6. The van der Waals surface area contributed by atoms with Crippen LogP contribution in [-0.4, -0.2) is 83.6 Å². The molecule has 0 amide bonds. The molecule has 1 rings (SSSR count). The van der Waals surface area contributed by atoms with Crippen LogP contribution in [0.2, 0.25) is 0 Å². The van der Waals surface area contributed by atoms with Crippen LogP contribution in [0.4, 0.5) is 0 Å². The number of ether oxygens (including phenoxy) is 2. The highest BCUT2D eigenvalue weighted by molar-refractivity contribution is 7.45. The minimum absolute atomic E-state index is 0.0283. The van der Waals surface area contributed by atoms with Crippen LogP contribution in [-0.2, 0) is 18.3 Å². The summed E-state index contributed by atoms with van der Waals surface area (Å²) in [5.74, 6) is 0.595. The average Bonchev–Trinajstić information content (AvgIpc) is 2.96. The monoisotopic (exact) mass is 642 g/mol. The molecule has 0 bridgehead atoms. The summed E-state index contributed by atoms with van der Waals surface area (Å²) >= 11 is 0. The van der Waals surface area contributed by atoms with Gasteiger partial charge < -0.3 is 33.2 Å². The number of phosphoric ester groups is 1. The molecule has 0 aliphatic rings. The maximum atomic E-state index is 12.6. The summed E-state index contributed by atoms with van der Waals surface area (Å²) in [5, 5.41) is 3.03. The number of ketones is 1. The maximum Gasteiger partial charge on any atom is 0.268 e. The highest BCUT2D eigenvalue weighted by Crippen LogP contribution is 2.39. The molecule has 0 saturated carbocycles. The molecule has 10 heteroatoms. The van der Waals surface area contributed by atoms with E-state index in [1.807, 2.05) is 28.1 Å². The van der Waals surface area contributed by atoms with E-state index in [-0.39, 0.29) is 32.1 Å². The number of Topliss-reactive ketones (excluding diaryl/α,β-unsaturated/α-hetero) is 1. The second-order valence-corrected chi connectivity index (χ2v) is 14.1. The van der Waals surface area contributed by atoms with Gasteiger partial charge in [0, 0.05) is 18.7 Å². The number of nitrogens with zero attached hydrogens (tertiary/aromatic N) is 1. The molecule has 1 N–H and O–H groups in total. The Bertz CT molecular complexity index is 893. The molecule has 0 radical (unpaired) electrons. The Kier molecular flexibility index (Phi) is 23.0. The lowest BCUT2D eigenvalue weighted by Crippen LogP contribution is -2.38. The molecule has 0 aliphatic heterocycles. The van der Waals surface area contributed by atoms with Crippen molar-refractivity contribution >= 4 is 13.6 Å². The van der Waals surface area contributed by atoms with Gasteiger partial charge in [-0.25, -0.2) is 0 Å². The first kappa shape index (κ1) is 40.7. The van der Waals surface area contributed by atoms with Crippen LogP contribution in [0.5, 0.6) is 5.75 Å². The predicted octanol–water partition coefficient (Wildman–Crippen LogP) is 6.93. The van der Waals surface area contributed by atoms with Gasteiger partial charge in [-0.2, -0.15) is 0 Å². The molecule has 0 spiro atoms. The van der Waals surface area contributed by atoms with Crippen molar-refractivity contribution in [1.29, 1.82) is 0 Å². The van der Waals surface area contributed by atoms with Gasteiger partial charge in [0.15, 0.2) is 5.78 Å². The quantitative estimate of drug-likeness (QED) is 0.0417. The highest BCUT2D eigenvalue weighted by atomic mass is 31.2. The van der Waals surface area contributed by atoms with Gasteiger partial charge in [-0.15, -0.1) is 0 Å². The Morgan fingerprint density at radius 1 is 0.841 bits per heavy atom. The van der Waals surface area contributed by atoms with Gasteiger partial charge in [-0.05, 0) is 37.6 Å². The van der Waals surface area contributed by atoms with E-state index in [9.17, 15) is 14.3 Å². The fourth-order valence-corrected chi connectivity index (χ4v) is 5.60. The molecule has 2 unspecified atom stereocenters. The molecule has 0 aliphatic carbocycles. The van der Waals surface area contributed by atoms with E-state index < -0.39 is 13.9 Å². The lowest BCUT2D eigenvalue weighted by molar-refractivity contribution is -0.870. The van der Waals surface area contributed by atoms with Crippen LogP contribution in [0, 0.1) is 0 Å². The summed E-state index contributed by atoms with van der Waals surface area (Å²) in [4.78, 5) is 25.1. The third-order valence-electron chi connectivity index (χ3n) is 7.38. The van der Waals surface area contributed by atoms with Gasteiger partial charge in [0.1, 0.15) is 25.0 Å². The molecule has 0 aromatic heterocycles. The van der Waals surface area contributed by atoms with E-state index in [1.165, 1.54) is 77.0 Å². The zero-order valence-electron chi connectivity index (χ0n) is 28.5. The average molecular weight is 643 g/mol. The van der Waals surface area contributed by atoms with Gasteiger partial charge in [-0.3, -0.25) is 9.36 Å². The third kappa shape index (κ3) is 23.1. The smallest absolute Gasteiger partial charge is 0.268 e. The van der Waals surface area contributed by atoms with Crippen LogP contribution in [0.3, 0.4) is 0 Å². The Labute approximate surface area is 268 Å². The summed E-state index contributed by atoms with van der Waals surface area (Å²) in [7, 11) is 1.33. The zero-order chi connectivity index (χ0) is 32.5. The number of hydrogen-bond acceptors (Lipinski definition) is 8. The van der Waals surface area contributed by atoms with Gasteiger partial charge in [0.2, 0.25) is 0 Å². The van der Waals surface area contributed by atoms with Crippen molar-refractivity contribution in [2.45, 2.75) is 110 Å². The van der Waals surface area contributed by atoms with Crippen LogP contribution >= 0.6 is 7.82 Å². The first-order chi connectivity index (χ1) is 21.1.